The normalized spacial score (nSPS) is 10.0. The first-order valence-corrected chi connectivity index (χ1v) is 6.02. The molecule has 2 N–H and O–H groups in total. The summed E-state index contributed by atoms with van der Waals surface area (Å²) in [6.45, 7) is 5.61. The highest BCUT2D eigenvalue weighted by Gasteiger charge is 2.10. The predicted octanol–water partition coefficient (Wildman–Crippen LogP) is 3.15. The lowest BCUT2D eigenvalue weighted by molar-refractivity contribution is 0.0942. The Kier molecular flexibility index (Phi) is 3.92. The van der Waals surface area contributed by atoms with Gasteiger partial charge in [0.2, 0.25) is 0 Å². The number of hydrazine groups is 1. The third-order valence-corrected chi connectivity index (χ3v) is 2.81. The van der Waals surface area contributed by atoms with E-state index in [0.717, 1.165) is 5.76 Å². The molecule has 0 aliphatic carbocycles. The van der Waals surface area contributed by atoms with Crippen LogP contribution in [0.3, 0.4) is 0 Å². The van der Waals surface area contributed by atoms with Gasteiger partial charge in [-0.15, -0.1) is 0 Å². The fraction of sp³-hybridized carbons (Fsp3) is 0.0714. The van der Waals surface area contributed by atoms with E-state index >= 15 is 0 Å². The third-order valence-electron chi connectivity index (χ3n) is 2.48. The zero-order chi connectivity index (χ0) is 13.8. The Balaban J connectivity index is 1.98. The molecule has 0 bridgehead atoms. The summed E-state index contributed by atoms with van der Waals surface area (Å²) in [6.07, 6.45) is 0. The van der Waals surface area contributed by atoms with Gasteiger partial charge >= 0.3 is 0 Å². The molecule has 0 radical (unpaired) electrons. The van der Waals surface area contributed by atoms with Gasteiger partial charge < -0.3 is 4.42 Å². The van der Waals surface area contributed by atoms with Crippen molar-refractivity contribution in [3.8, 4) is 0 Å². The molecule has 0 spiro atoms. The quantitative estimate of drug-likeness (QED) is 0.844. The highest BCUT2D eigenvalue weighted by molar-refractivity contribution is 6.33. The topological polar surface area (TPSA) is 54.3 Å². The molecule has 0 saturated heterocycles. The van der Waals surface area contributed by atoms with Gasteiger partial charge in [-0.2, -0.15) is 0 Å². The zero-order valence-corrected chi connectivity index (χ0v) is 11.1. The molecule has 0 aliphatic rings. The van der Waals surface area contributed by atoms with Crippen molar-refractivity contribution in [1.29, 1.82) is 0 Å². The van der Waals surface area contributed by atoms with Crippen LogP contribution in [0.5, 0.6) is 0 Å². The molecule has 1 heterocycles. The van der Waals surface area contributed by atoms with Gasteiger partial charge in [0.1, 0.15) is 5.76 Å². The molecular formula is C14H13ClN2O2. The Bertz CT molecular complexity index is 619. The van der Waals surface area contributed by atoms with E-state index in [0.29, 0.717) is 22.0 Å². The molecule has 1 amide bonds. The van der Waals surface area contributed by atoms with Gasteiger partial charge in [-0.25, -0.2) is 0 Å². The summed E-state index contributed by atoms with van der Waals surface area (Å²) in [5.74, 6) is 1.00. The van der Waals surface area contributed by atoms with Gasteiger partial charge in [0.25, 0.3) is 5.91 Å². The van der Waals surface area contributed by atoms with Crippen molar-refractivity contribution in [2.45, 2.75) is 6.92 Å². The molecule has 0 saturated carbocycles. The monoisotopic (exact) mass is 276 g/mol. The molecule has 19 heavy (non-hydrogen) atoms. The molecule has 1 aromatic carbocycles. The average molecular weight is 277 g/mol. The highest BCUT2D eigenvalue weighted by Crippen LogP contribution is 2.15. The molecule has 98 valence electrons. The van der Waals surface area contributed by atoms with Crippen LogP contribution in [0.15, 0.2) is 47.4 Å². The number of nitrogens with one attached hydrogen (secondary N) is 2. The summed E-state index contributed by atoms with van der Waals surface area (Å²) in [7, 11) is 0. The second kappa shape index (κ2) is 5.63. The SMILES string of the molecule is C=C(NNC(=O)c1ccccc1Cl)c1ccc(C)o1. The lowest BCUT2D eigenvalue weighted by Crippen LogP contribution is -2.35. The number of carbonyl (C=O) groups excluding carboxylic acids is 1. The maximum atomic E-state index is 11.9. The number of carbonyl (C=O) groups is 1. The Morgan fingerprint density at radius 2 is 1.95 bits per heavy atom. The van der Waals surface area contributed by atoms with E-state index < -0.39 is 0 Å². The molecule has 0 atom stereocenters. The molecule has 1 aromatic heterocycles. The summed E-state index contributed by atoms with van der Waals surface area (Å²) in [5.41, 5.74) is 6.06. The Morgan fingerprint density at radius 1 is 1.21 bits per heavy atom. The van der Waals surface area contributed by atoms with E-state index in [2.05, 4.69) is 17.4 Å². The van der Waals surface area contributed by atoms with Crippen molar-refractivity contribution < 1.29 is 9.21 Å². The van der Waals surface area contributed by atoms with E-state index in [1.165, 1.54) is 0 Å². The average Bonchev–Trinajstić information content (AvgIpc) is 2.83. The van der Waals surface area contributed by atoms with Crippen molar-refractivity contribution in [3.05, 3.63) is 65.1 Å². The van der Waals surface area contributed by atoms with Crippen molar-refractivity contribution in [1.82, 2.24) is 10.9 Å². The molecular weight excluding hydrogens is 264 g/mol. The Morgan fingerprint density at radius 3 is 2.58 bits per heavy atom. The first-order valence-electron chi connectivity index (χ1n) is 5.64. The molecule has 0 fully saturated rings. The van der Waals surface area contributed by atoms with Crippen LogP contribution in [0.25, 0.3) is 5.70 Å². The fourth-order valence-electron chi connectivity index (χ4n) is 1.50. The predicted molar refractivity (Wildman–Crippen MR) is 74.5 cm³/mol. The summed E-state index contributed by atoms with van der Waals surface area (Å²) >= 11 is 5.93. The maximum absolute atomic E-state index is 11.9. The van der Waals surface area contributed by atoms with Crippen LogP contribution >= 0.6 is 11.6 Å². The number of rotatable bonds is 4. The van der Waals surface area contributed by atoms with E-state index in [1.54, 1.807) is 30.3 Å². The maximum Gasteiger partial charge on any atom is 0.271 e. The van der Waals surface area contributed by atoms with Gasteiger partial charge in [0.15, 0.2) is 5.76 Å². The second-order valence-electron chi connectivity index (χ2n) is 3.95. The minimum absolute atomic E-state index is 0.338. The lowest BCUT2D eigenvalue weighted by atomic mass is 10.2. The Labute approximate surface area is 116 Å². The largest absolute Gasteiger partial charge is 0.460 e. The summed E-state index contributed by atoms with van der Waals surface area (Å²) < 4.78 is 5.37. The molecule has 4 nitrogen and oxygen atoms in total. The van der Waals surface area contributed by atoms with Crippen LogP contribution < -0.4 is 10.9 Å². The molecule has 0 aliphatic heterocycles. The molecule has 0 unspecified atom stereocenters. The summed E-state index contributed by atoms with van der Waals surface area (Å²) in [6, 6.07) is 10.4. The van der Waals surface area contributed by atoms with Crippen molar-refractivity contribution in [2.24, 2.45) is 0 Å². The van der Waals surface area contributed by atoms with Gasteiger partial charge in [-0.05, 0) is 31.2 Å². The van der Waals surface area contributed by atoms with Gasteiger partial charge in [0.05, 0.1) is 16.3 Å². The van der Waals surface area contributed by atoms with E-state index in [9.17, 15) is 4.79 Å². The van der Waals surface area contributed by atoms with Crippen molar-refractivity contribution in [2.75, 3.05) is 0 Å². The minimum atomic E-state index is -0.338. The van der Waals surface area contributed by atoms with Crippen LogP contribution in [-0.4, -0.2) is 5.91 Å². The third kappa shape index (κ3) is 3.17. The highest BCUT2D eigenvalue weighted by atomic mass is 35.5. The number of aryl methyl sites for hydroxylation is 1. The number of halogens is 1. The number of hydrogen-bond acceptors (Lipinski definition) is 3. The van der Waals surface area contributed by atoms with Crippen LogP contribution in [0.4, 0.5) is 0 Å². The van der Waals surface area contributed by atoms with Crippen LogP contribution in [-0.2, 0) is 0 Å². The van der Waals surface area contributed by atoms with E-state index in [-0.39, 0.29) is 5.91 Å². The van der Waals surface area contributed by atoms with Gasteiger partial charge in [-0.3, -0.25) is 15.6 Å². The number of hydrogen-bond donors (Lipinski definition) is 2. The molecule has 5 heteroatoms. The lowest BCUT2D eigenvalue weighted by Gasteiger charge is -2.09. The standard InChI is InChI=1S/C14H13ClN2O2/c1-9-7-8-13(19-9)10(2)16-17-14(18)11-5-3-4-6-12(11)15/h3-8,16H,2H2,1H3,(H,17,18). The van der Waals surface area contributed by atoms with Crippen molar-refractivity contribution >= 4 is 23.2 Å². The number of benzene rings is 1. The van der Waals surface area contributed by atoms with Crippen LogP contribution in [0.1, 0.15) is 21.9 Å². The Hall–Kier alpha value is -2.20. The fourth-order valence-corrected chi connectivity index (χ4v) is 1.72. The molecule has 2 rings (SSSR count). The second-order valence-corrected chi connectivity index (χ2v) is 4.36. The molecule has 2 aromatic rings. The number of furan rings is 1. The summed E-state index contributed by atoms with van der Waals surface area (Å²) in [4.78, 5) is 11.9. The number of amides is 1. The van der Waals surface area contributed by atoms with E-state index in [4.69, 9.17) is 16.0 Å². The first-order chi connectivity index (χ1) is 9.08. The van der Waals surface area contributed by atoms with Crippen LogP contribution in [0, 0.1) is 6.92 Å². The first kappa shape index (κ1) is 13.2. The summed E-state index contributed by atoms with van der Waals surface area (Å²) in [5, 5.41) is 0.390. The zero-order valence-electron chi connectivity index (χ0n) is 10.4. The smallest absolute Gasteiger partial charge is 0.271 e. The van der Waals surface area contributed by atoms with Crippen molar-refractivity contribution in [3.63, 3.8) is 0 Å². The van der Waals surface area contributed by atoms with E-state index in [1.807, 2.05) is 13.0 Å². The van der Waals surface area contributed by atoms with Crippen LogP contribution in [0.2, 0.25) is 5.02 Å². The van der Waals surface area contributed by atoms with Gasteiger partial charge in [0, 0.05) is 0 Å². The minimum Gasteiger partial charge on any atom is -0.460 e. The van der Waals surface area contributed by atoms with Gasteiger partial charge in [-0.1, -0.05) is 30.3 Å².